The summed E-state index contributed by atoms with van der Waals surface area (Å²) in [4.78, 5) is 36.5. The van der Waals surface area contributed by atoms with Crippen molar-refractivity contribution in [2.45, 2.75) is 52.1 Å². The number of hydrogen-bond acceptors (Lipinski definition) is 4. The number of carbonyl (C=O) groups excluding carboxylic acids is 3. The Hall–Kier alpha value is -1.59. The lowest BCUT2D eigenvalue weighted by Gasteiger charge is -2.35. The topological polar surface area (TPSA) is 75.7 Å². The molecule has 1 aliphatic rings. The fourth-order valence-electron chi connectivity index (χ4n) is 2.37. The molecule has 1 heterocycles. The van der Waals surface area contributed by atoms with Gasteiger partial charge in [-0.3, -0.25) is 14.4 Å². The number of esters is 1. The van der Waals surface area contributed by atoms with Gasteiger partial charge in [-0.1, -0.05) is 0 Å². The highest BCUT2D eigenvalue weighted by atomic mass is 16.5. The second-order valence-corrected chi connectivity index (χ2v) is 5.27. The predicted molar refractivity (Wildman–Crippen MR) is 69.3 cm³/mol. The molecule has 2 amide bonds. The summed E-state index contributed by atoms with van der Waals surface area (Å²) in [6.45, 7) is 7.36. The van der Waals surface area contributed by atoms with Crippen molar-refractivity contribution in [1.82, 2.24) is 10.2 Å². The fraction of sp³-hybridized carbons (Fsp3) is 0.769. The Morgan fingerprint density at radius 3 is 2.58 bits per heavy atom. The molecule has 0 aromatic rings. The maximum absolute atomic E-state index is 12.0. The molecule has 1 rings (SSSR count). The van der Waals surface area contributed by atoms with Crippen LogP contribution in [-0.4, -0.2) is 47.4 Å². The van der Waals surface area contributed by atoms with Crippen LogP contribution in [0.1, 0.15) is 40.5 Å². The zero-order valence-corrected chi connectivity index (χ0v) is 12.0. The van der Waals surface area contributed by atoms with Crippen LogP contribution >= 0.6 is 0 Å². The number of nitrogens with one attached hydrogen (secondary N) is 1. The summed E-state index contributed by atoms with van der Waals surface area (Å²) in [6.07, 6.45) is 1.20. The van der Waals surface area contributed by atoms with Gasteiger partial charge in [-0.15, -0.1) is 0 Å². The number of hydrogen-bond donors (Lipinski definition) is 1. The molecule has 19 heavy (non-hydrogen) atoms. The molecular weight excluding hydrogens is 248 g/mol. The van der Waals surface area contributed by atoms with Crippen LogP contribution < -0.4 is 5.32 Å². The molecule has 0 spiro atoms. The van der Waals surface area contributed by atoms with E-state index in [1.165, 1.54) is 0 Å². The van der Waals surface area contributed by atoms with Gasteiger partial charge in [-0.05, 0) is 34.1 Å². The Balaban J connectivity index is 2.57. The Labute approximate surface area is 113 Å². The van der Waals surface area contributed by atoms with E-state index in [4.69, 9.17) is 4.74 Å². The SMILES string of the molecule is CCOC(=O)CNC(=O)C(C)N1C(=O)CCC1(C)C. The third-order valence-corrected chi connectivity index (χ3v) is 3.35. The molecular formula is C13H22N2O4. The van der Waals surface area contributed by atoms with Crippen LogP contribution in [0.3, 0.4) is 0 Å². The van der Waals surface area contributed by atoms with Gasteiger partial charge in [-0.2, -0.15) is 0 Å². The van der Waals surface area contributed by atoms with E-state index in [-0.39, 0.29) is 30.5 Å². The van der Waals surface area contributed by atoms with Crippen LogP contribution in [0.15, 0.2) is 0 Å². The smallest absolute Gasteiger partial charge is 0.325 e. The molecule has 1 unspecified atom stereocenters. The monoisotopic (exact) mass is 270 g/mol. The van der Waals surface area contributed by atoms with Gasteiger partial charge in [0.05, 0.1) is 6.61 Å². The van der Waals surface area contributed by atoms with Crippen LogP contribution in [0, 0.1) is 0 Å². The van der Waals surface area contributed by atoms with Gasteiger partial charge in [0.1, 0.15) is 12.6 Å². The fourth-order valence-corrected chi connectivity index (χ4v) is 2.37. The third kappa shape index (κ3) is 3.68. The first-order valence-electron chi connectivity index (χ1n) is 6.55. The van der Waals surface area contributed by atoms with E-state index < -0.39 is 12.0 Å². The van der Waals surface area contributed by atoms with Crippen LogP contribution in [0.25, 0.3) is 0 Å². The first-order chi connectivity index (χ1) is 8.79. The second kappa shape index (κ2) is 6.04. The number of carbonyl (C=O) groups is 3. The van der Waals surface area contributed by atoms with E-state index in [1.807, 2.05) is 13.8 Å². The highest BCUT2D eigenvalue weighted by Gasteiger charge is 2.42. The molecule has 6 nitrogen and oxygen atoms in total. The van der Waals surface area contributed by atoms with E-state index in [0.29, 0.717) is 6.42 Å². The summed E-state index contributed by atoms with van der Waals surface area (Å²) in [5, 5.41) is 2.49. The van der Waals surface area contributed by atoms with E-state index in [0.717, 1.165) is 6.42 Å². The highest BCUT2D eigenvalue weighted by molar-refractivity contribution is 5.90. The molecule has 0 bridgehead atoms. The van der Waals surface area contributed by atoms with Crippen molar-refractivity contribution in [1.29, 1.82) is 0 Å². The van der Waals surface area contributed by atoms with Gasteiger partial charge in [0.25, 0.3) is 0 Å². The summed E-state index contributed by atoms with van der Waals surface area (Å²) in [6, 6.07) is -0.584. The average molecular weight is 270 g/mol. The lowest BCUT2D eigenvalue weighted by molar-refractivity contribution is -0.145. The molecule has 0 radical (unpaired) electrons. The van der Waals surface area contributed by atoms with Crippen LogP contribution in [-0.2, 0) is 19.1 Å². The second-order valence-electron chi connectivity index (χ2n) is 5.27. The molecule has 0 aliphatic carbocycles. The van der Waals surface area contributed by atoms with Gasteiger partial charge >= 0.3 is 5.97 Å². The van der Waals surface area contributed by atoms with Gasteiger partial charge < -0.3 is 15.0 Å². The molecule has 0 aromatic heterocycles. The maximum atomic E-state index is 12.0. The van der Waals surface area contributed by atoms with Crippen molar-refractivity contribution in [2.75, 3.05) is 13.2 Å². The summed E-state index contributed by atoms with van der Waals surface area (Å²) < 4.78 is 4.73. The minimum atomic E-state index is -0.584. The molecule has 6 heteroatoms. The highest BCUT2D eigenvalue weighted by Crippen LogP contribution is 2.31. The van der Waals surface area contributed by atoms with Gasteiger partial charge in [0.15, 0.2) is 0 Å². The van der Waals surface area contributed by atoms with E-state index in [2.05, 4.69) is 5.32 Å². The average Bonchev–Trinajstić information content (AvgIpc) is 2.60. The standard InChI is InChI=1S/C13H22N2O4/c1-5-19-11(17)8-14-12(18)9(2)15-10(16)6-7-13(15,3)4/h9H,5-8H2,1-4H3,(H,14,18). The zero-order valence-electron chi connectivity index (χ0n) is 12.0. The van der Waals surface area contributed by atoms with Crippen LogP contribution in [0.2, 0.25) is 0 Å². The molecule has 1 atom stereocenters. The first kappa shape index (κ1) is 15.5. The normalized spacial score (nSPS) is 19.2. The summed E-state index contributed by atoms with van der Waals surface area (Å²) in [7, 11) is 0. The predicted octanol–water partition coefficient (Wildman–Crippen LogP) is 0.455. The van der Waals surface area contributed by atoms with Crippen LogP contribution in [0.5, 0.6) is 0 Å². The lowest BCUT2D eigenvalue weighted by Crippen LogP contribution is -2.53. The number of nitrogens with zero attached hydrogens (tertiary/aromatic N) is 1. The minimum Gasteiger partial charge on any atom is -0.465 e. The van der Waals surface area contributed by atoms with E-state index >= 15 is 0 Å². The molecule has 1 aliphatic heterocycles. The van der Waals surface area contributed by atoms with Gasteiger partial charge in [0.2, 0.25) is 11.8 Å². The Kier molecular flexibility index (Phi) is 4.91. The minimum absolute atomic E-state index is 0.0243. The van der Waals surface area contributed by atoms with E-state index in [9.17, 15) is 14.4 Å². The summed E-state index contributed by atoms with van der Waals surface area (Å²) in [5.41, 5.74) is -0.322. The molecule has 108 valence electrons. The molecule has 0 aromatic carbocycles. The van der Waals surface area contributed by atoms with E-state index in [1.54, 1.807) is 18.7 Å². The lowest BCUT2D eigenvalue weighted by atomic mass is 10.0. The van der Waals surface area contributed by atoms with Crippen LogP contribution in [0.4, 0.5) is 0 Å². The van der Waals surface area contributed by atoms with Crippen molar-refractivity contribution >= 4 is 17.8 Å². The van der Waals surface area contributed by atoms with Gasteiger partial charge in [-0.25, -0.2) is 0 Å². The van der Waals surface area contributed by atoms with Crippen molar-refractivity contribution in [3.8, 4) is 0 Å². The first-order valence-corrected chi connectivity index (χ1v) is 6.55. The van der Waals surface area contributed by atoms with Crippen molar-refractivity contribution in [3.05, 3.63) is 0 Å². The zero-order chi connectivity index (χ0) is 14.6. The maximum Gasteiger partial charge on any atom is 0.325 e. The molecule has 0 saturated carbocycles. The number of rotatable bonds is 5. The van der Waals surface area contributed by atoms with Crippen molar-refractivity contribution in [2.24, 2.45) is 0 Å². The van der Waals surface area contributed by atoms with Crippen molar-refractivity contribution in [3.63, 3.8) is 0 Å². The largest absolute Gasteiger partial charge is 0.465 e. The summed E-state index contributed by atoms with van der Waals surface area (Å²) in [5.74, 6) is -0.838. The Morgan fingerprint density at radius 1 is 1.47 bits per heavy atom. The molecule has 1 N–H and O–H groups in total. The van der Waals surface area contributed by atoms with Gasteiger partial charge in [0, 0.05) is 12.0 Å². The Bertz CT molecular complexity index is 379. The number of amides is 2. The molecule has 1 saturated heterocycles. The number of likely N-dealkylation sites (tertiary alicyclic amines) is 1. The Morgan fingerprint density at radius 2 is 2.11 bits per heavy atom. The number of ether oxygens (including phenoxy) is 1. The summed E-state index contributed by atoms with van der Waals surface area (Å²) >= 11 is 0. The molecule has 1 fully saturated rings. The van der Waals surface area contributed by atoms with Crippen molar-refractivity contribution < 1.29 is 19.1 Å². The quantitative estimate of drug-likeness (QED) is 0.736. The third-order valence-electron chi connectivity index (χ3n) is 3.35.